The largest absolute Gasteiger partial charge is 0.301 e. The lowest BCUT2D eigenvalue weighted by Crippen LogP contribution is -2.12. The van der Waals surface area contributed by atoms with Gasteiger partial charge in [0, 0.05) is 46.0 Å². The smallest absolute Gasteiger partial charge is 0.137 e. The van der Waals surface area contributed by atoms with E-state index in [1.54, 1.807) is 6.26 Å². The number of nitrogens with one attached hydrogen (secondary N) is 2. The number of aryl methyl sites for hydroxylation is 1. The van der Waals surface area contributed by atoms with Crippen LogP contribution in [-0.2, 0) is 23.6 Å². The lowest BCUT2D eigenvalue weighted by atomic mass is 10.0. The van der Waals surface area contributed by atoms with Crippen molar-refractivity contribution in [2.45, 2.75) is 24.7 Å². The maximum atomic E-state index is 11.6. The Hall–Kier alpha value is -1.89. The summed E-state index contributed by atoms with van der Waals surface area (Å²) in [6.07, 6.45) is 3.60. The number of aromatic nitrogens is 1. The first kappa shape index (κ1) is 18.9. The molecular weight excluding hydrogens is 362 g/mol. The number of rotatable bonds is 8. The van der Waals surface area contributed by atoms with Gasteiger partial charge in [0.05, 0.1) is 5.52 Å². The molecule has 2 aromatic carbocycles. The first-order chi connectivity index (χ1) is 12.7. The summed E-state index contributed by atoms with van der Waals surface area (Å²) in [5.41, 5.74) is 3.56. The van der Waals surface area contributed by atoms with Crippen LogP contribution in [-0.4, -0.2) is 22.0 Å². The van der Waals surface area contributed by atoms with Crippen LogP contribution >= 0.6 is 12.1 Å². The summed E-state index contributed by atoms with van der Waals surface area (Å²) >= 11 is 1.44. The van der Waals surface area contributed by atoms with Crippen molar-refractivity contribution in [1.82, 2.24) is 9.71 Å². The lowest BCUT2D eigenvalue weighted by molar-refractivity contribution is 0.686. The molecule has 3 aromatic rings. The fourth-order valence-electron chi connectivity index (χ4n) is 2.80. The van der Waals surface area contributed by atoms with Gasteiger partial charge >= 0.3 is 0 Å². The molecule has 3 rings (SSSR count). The second-order valence-electron chi connectivity index (χ2n) is 5.98. The summed E-state index contributed by atoms with van der Waals surface area (Å²) in [5, 5.41) is 1.14. The predicted molar refractivity (Wildman–Crippen MR) is 113 cm³/mol. The van der Waals surface area contributed by atoms with Gasteiger partial charge in [0.15, 0.2) is 0 Å². The summed E-state index contributed by atoms with van der Waals surface area (Å²) in [6, 6.07) is 18.3. The molecule has 0 amide bonds. The Morgan fingerprint density at radius 1 is 1.08 bits per heavy atom. The van der Waals surface area contributed by atoms with Crippen molar-refractivity contribution in [3.63, 3.8) is 0 Å². The number of anilines is 1. The van der Waals surface area contributed by atoms with Gasteiger partial charge in [-0.2, -0.15) is 0 Å². The number of hydrogen-bond donors (Lipinski definition) is 2. The SMILES string of the molecule is CCc1cc(S(C)=O)ccc1CCNSNc1ccc2ccccc2n1. The van der Waals surface area contributed by atoms with Crippen LogP contribution in [0.2, 0.25) is 0 Å². The molecular formula is C20H23N3OS2. The molecule has 0 radical (unpaired) electrons. The molecule has 0 saturated carbocycles. The van der Waals surface area contributed by atoms with Gasteiger partial charge in [0.25, 0.3) is 0 Å². The van der Waals surface area contributed by atoms with E-state index in [1.165, 1.54) is 23.3 Å². The first-order valence-electron chi connectivity index (χ1n) is 8.63. The summed E-state index contributed by atoms with van der Waals surface area (Å²) in [6.45, 7) is 2.98. The number of pyridine rings is 1. The molecule has 0 aliphatic rings. The van der Waals surface area contributed by atoms with Crippen LogP contribution < -0.4 is 9.44 Å². The fraction of sp³-hybridized carbons (Fsp3) is 0.250. The van der Waals surface area contributed by atoms with E-state index in [1.807, 2.05) is 30.3 Å². The number of hydrogen-bond acceptors (Lipinski definition) is 5. The highest BCUT2D eigenvalue weighted by atomic mass is 32.2. The summed E-state index contributed by atoms with van der Waals surface area (Å²) in [4.78, 5) is 5.48. The van der Waals surface area contributed by atoms with Crippen LogP contribution in [0.4, 0.5) is 5.82 Å². The minimum Gasteiger partial charge on any atom is -0.301 e. The van der Waals surface area contributed by atoms with E-state index in [-0.39, 0.29) is 0 Å². The monoisotopic (exact) mass is 385 g/mol. The summed E-state index contributed by atoms with van der Waals surface area (Å²) in [7, 11) is -0.926. The van der Waals surface area contributed by atoms with Gasteiger partial charge in [-0.1, -0.05) is 31.2 Å². The highest BCUT2D eigenvalue weighted by Crippen LogP contribution is 2.17. The van der Waals surface area contributed by atoms with Crippen LogP contribution in [0.15, 0.2) is 59.5 Å². The van der Waals surface area contributed by atoms with E-state index in [0.29, 0.717) is 0 Å². The van der Waals surface area contributed by atoms with E-state index >= 15 is 0 Å². The Morgan fingerprint density at radius 3 is 2.73 bits per heavy atom. The second-order valence-corrected chi connectivity index (χ2v) is 8.05. The molecule has 0 bridgehead atoms. The zero-order chi connectivity index (χ0) is 18.4. The predicted octanol–water partition coefficient (Wildman–Crippen LogP) is 4.34. The van der Waals surface area contributed by atoms with Crippen molar-refractivity contribution in [2.75, 3.05) is 17.5 Å². The van der Waals surface area contributed by atoms with Crippen LogP contribution in [0.1, 0.15) is 18.1 Å². The van der Waals surface area contributed by atoms with Gasteiger partial charge in [-0.15, -0.1) is 0 Å². The molecule has 26 heavy (non-hydrogen) atoms. The average molecular weight is 386 g/mol. The molecule has 1 unspecified atom stereocenters. The van der Waals surface area contributed by atoms with Crippen LogP contribution in [0.5, 0.6) is 0 Å². The minimum absolute atomic E-state index is 0.838. The Bertz CT molecular complexity index is 914. The molecule has 0 aliphatic carbocycles. The molecule has 136 valence electrons. The first-order valence-corrected chi connectivity index (χ1v) is 11.0. The highest BCUT2D eigenvalue weighted by molar-refractivity contribution is 7.98. The molecule has 6 heteroatoms. The van der Waals surface area contributed by atoms with E-state index in [2.05, 4.69) is 45.6 Å². The van der Waals surface area contributed by atoms with E-state index in [9.17, 15) is 4.21 Å². The number of nitrogens with zero attached hydrogens (tertiary/aromatic N) is 1. The Labute approximate surface area is 161 Å². The molecule has 0 fully saturated rings. The Balaban J connectivity index is 1.50. The number of benzene rings is 2. The molecule has 1 atom stereocenters. The van der Waals surface area contributed by atoms with Gasteiger partial charge in [-0.25, -0.2) is 9.71 Å². The molecule has 0 aliphatic heterocycles. The average Bonchev–Trinajstić information content (AvgIpc) is 2.67. The van der Waals surface area contributed by atoms with Gasteiger partial charge in [-0.05, 0) is 54.3 Å². The van der Waals surface area contributed by atoms with Gasteiger partial charge in [0.2, 0.25) is 0 Å². The zero-order valence-electron chi connectivity index (χ0n) is 15.0. The fourth-order valence-corrected chi connectivity index (χ4v) is 3.86. The quantitative estimate of drug-likeness (QED) is 0.446. The van der Waals surface area contributed by atoms with Crippen molar-refractivity contribution in [1.29, 1.82) is 0 Å². The van der Waals surface area contributed by atoms with Crippen molar-refractivity contribution in [3.8, 4) is 0 Å². The van der Waals surface area contributed by atoms with Gasteiger partial charge in [0.1, 0.15) is 5.82 Å². The molecule has 1 heterocycles. The third kappa shape index (κ3) is 4.84. The zero-order valence-corrected chi connectivity index (χ0v) is 16.6. The van der Waals surface area contributed by atoms with Crippen molar-refractivity contribution in [2.24, 2.45) is 0 Å². The third-order valence-electron chi connectivity index (χ3n) is 4.21. The summed E-state index contributed by atoms with van der Waals surface area (Å²) < 4.78 is 18.2. The molecule has 0 spiro atoms. The van der Waals surface area contributed by atoms with E-state index < -0.39 is 10.8 Å². The topological polar surface area (TPSA) is 54.0 Å². The standard InChI is InChI=1S/C20H23N3OS2/c1-3-15-14-18(26(2)24)10-8-16(15)12-13-21-25-23-20-11-9-17-6-4-5-7-19(17)22-20/h4-11,14,21H,3,12-13H2,1-2H3,(H,22,23). The van der Waals surface area contributed by atoms with E-state index in [4.69, 9.17) is 0 Å². The molecule has 0 saturated heterocycles. The maximum Gasteiger partial charge on any atom is 0.137 e. The molecule has 2 N–H and O–H groups in total. The highest BCUT2D eigenvalue weighted by Gasteiger charge is 2.05. The second kappa shape index (κ2) is 9.16. The third-order valence-corrected chi connectivity index (χ3v) is 5.79. The van der Waals surface area contributed by atoms with Crippen molar-refractivity contribution < 1.29 is 4.21 Å². The molecule has 4 nitrogen and oxygen atoms in total. The minimum atomic E-state index is -0.926. The normalized spacial score (nSPS) is 12.2. The molecule has 1 aromatic heterocycles. The maximum absolute atomic E-state index is 11.6. The Morgan fingerprint density at radius 2 is 1.92 bits per heavy atom. The van der Waals surface area contributed by atoms with Crippen LogP contribution in [0.25, 0.3) is 10.9 Å². The van der Waals surface area contributed by atoms with Gasteiger partial charge < -0.3 is 4.72 Å². The van der Waals surface area contributed by atoms with Crippen LogP contribution in [0.3, 0.4) is 0 Å². The number of para-hydroxylation sites is 1. The van der Waals surface area contributed by atoms with Crippen LogP contribution in [0, 0.1) is 0 Å². The van der Waals surface area contributed by atoms with E-state index in [0.717, 1.165) is 41.0 Å². The van der Waals surface area contributed by atoms with Crippen molar-refractivity contribution >= 4 is 39.7 Å². The number of fused-ring (bicyclic) bond motifs is 1. The van der Waals surface area contributed by atoms with Crippen molar-refractivity contribution in [3.05, 3.63) is 65.7 Å². The lowest BCUT2D eigenvalue weighted by Gasteiger charge is -2.11. The Kier molecular flexibility index (Phi) is 6.66. The van der Waals surface area contributed by atoms with Gasteiger partial charge in [-0.3, -0.25) is 4.21 Å². The summed E-state index contributed by atoms with van der Waals surface area (Å²) in [5.74, 6) is 0.838.